The zero-order chi connectivity index (χ0) is 21.4. The van der Waals surface area contributed by atoms with Gasteiger partial charge in [0.25, 0.3) is 5.91 Å². The molecule has 30 heavy (non-hydrogen) atoms. The molecule has 3 aliphatic rings. The van der Waals surface area contributed by atoms with Gasteiger partial charge in [-0.05, 0) is 55.4 Å². The summed E-state index contributed by atoms with van der Waals surface area (Å²) in [6, 6.07) is 2.68. The van der Waals surface area contributed by atoms with Crippen molar-refractivity contribution in [3.63, 3.8) is 0 Å². The van der Waals surface area contributed by atoms with E-state index in [2.05, 4.69) is 5.32 Å². The summed E-state index contributed by atoms with van der Waals surface area (Å²) < 4.78 is 0. The Morgan fingerprint density at radius 2 is 2.00 bits per heavy atom. The second-order valence-electron chi connectivity index (χ2n) is 9.00. The average Bonchev–Trinajstić information content (AvgIpc) is 3.47. The fraction of sp³-hybridized carbons (Fsp3) is 0.619. The lowest BCUT2D eigenvalue weighted by atomic mass is 9.51. The van der Waals surface area contributed by atoms with Crippen molar-refractivity contribution in [2.45, 2.75) is 57.4 Å². The van der Waals surface area contributed by atoms with Crippen LogP contribution in [0, 0.1) is 10.8 Å². The minimum atomic E-state index is -0.860. The lowest BCUT2D eigenvalue weighted by molar-refractivity contribution is -0.185. The van der Waals surface area contributed by atoms with E-state index in [9.17, 15) is 24.4 Å². The van der Waals surface area contributed by atoms with Crippen molar-refractivity contribution in [3.05, 3.63) is 22.4 Å². The van der Waals surface area contributed by atoms with Crippen molar-refractivity contribution in [1.82, 2.24) is 15.3 Å². The molecule has 1 aliphatic heterocycles. The first-order valence-corrected chi connectivity index (χ1v) is 11.4. The number of hydrogen-bond acceptors (Lipinski definition) is 6. The highest BCUT2D eigenvalue weighted by molar-refractivity contribution is 7.12. The van der Waals surface area contributed by atoms with E-state index in [1.54, 1.807) is 22.4 Å². The lowest BCUT2D eigenvalue weighted by Crippen LogP contribution is -2.61. The fourth-order valence-electron chi connectivity index (χ4n) is 5.79. The summed E-state index contributed by atoms with van der Waals surface area (Å²) in [4.78, 5) is 51.7. The van der Waals surface area contributed by atoms with Crippen molar-refractivity contribution in [3.8, 4) is 0 Å². The molecule has 0 unspecified atom stereocenters. The summed E-state index contributed by atoms with van der Waals surface area (Å²) >= 11 is 1.25. The van der Waals surface area contributed by atoms with Gasteiger partial charge in [0, 0.05) is 6.54 Å². The normalized spacial score (nSPS) is 23.8. The third-order valence-electron chi connectivity index (χ3n) is 6.93. The maximum atomic E-state index is 13.6. The molecule has 1 saturated heterocycles. The number of thiophene rings is 1. The lowest BCUT2D eigenvalue weighted by Gasteiger charge is -2.55. The Balaban J connectivity index is 1.48. The number of amides is 4. The highest BCUT2D eigenvalue weighted by Gasteiger charge is 2.61. The third-order valence-corrected chi connectivity index (χ3v) is 7.80. The van der Waals surface area contributed by atoms with Gasteiger partial charge in [0.15, 0.2) is 0 Å². The molecule has 8 nitrogen and oxygen atoms in total. The van der Waals surface area contributed by atoms with Crippen molar-refractivity contribution >= 4 is 35.5 Å². The molecule has 1 spiro atoms. The van der Waals surface area contributed by atoms with Gasteiger partial charge in [-0.3, -0.25) is 29.7 Å². The molecular formula is C21H27N3O5S. The van der Waals surface area contributed by atoms with Crippen molar-refractivity contribution < 1.29 is 24.4 Å². The van der Waals surface area contributed by atoms with E-state index in [0.717, 1.165) is 25.7 Å². The van der Waals surface area contributed by atoms with Gasteiger partial charge in [0.2, 0.25) is 18.2 Å². The zero-order valence-corrected chi connectivity index (χ0v) is 17.7. The van der Waals surface area contributed by atoms with Gasteiger partial charge in [-0.15, -0.1) is 11.3 Å². The molecule has 1 atom stereocenters. The molecule has 1 aromatic rings. The number of hydroxylamine groups is 2. The highest BCUT2D eigenvalue weighted by Crippen LogP contribution is 2.63. The van der Waals surface area contributed by atoms with Crippen LogP contribution in [0.1, 0.15) is 61.0 Å². The Bertz CT molecular complexity index is 826. The molecule has 0 aromatic carbocycles. The summed E-state index contributed by atoms with van der Waals surface area (Å²) in [5.41, 5.74) is -0.743. The number of likely N-dealkylation sites (tertiary alicyclic amines) is 1. The second kappa shape index (κ2) is 8.11. The van der Waals surface area contributed by atoms with Crippen molar-refractivity contribution in [2.24, 2.45) is 10.8 Å². The topological polar surface area (TPSA) is 107 Å². The van der Waals surface area contributed by atoms with Gasteiger partial charge >= 0.3 is 0 Å². The van der Waals surface area contributed by atoms with E-state index in [4.69, 9.17) is 0 Å². The van der Waals surface area contributed by atoms with Gasteiger partial charge < -0.3 is 4.90 Å². The number of rotatable bonds is 6. The molecule has 4 amide bonds. The van der Waals surface area contributed by atoms with Crippen molar-refractivity contribution in [2.75, 3.05) is 13.1 Å². The smallest absolute Gasteiger partial charge is 0.267 e. The van der Waals surface area contributed by atoms with Gasteiger partial charge in [-0.2, -0.15) is 0 Å². The Labute approximate surface area is 179 Å². The van der Waals surface area contributed by atoms with E-state index >= 15 is 0 Å². The van der Waals surface area contributed by atoms with Crippen LogP contribution in [-0.4, -0.2) is 58.4 Å². The second-order valence-corrected chi connectivity index (χ2v) is 9.94. The SMILES string of the molecule is O=CN(O)CC1(C(=O)N2CCC[C@H]2C(=O)NC(=O)c2cccs2)CC2(CCCC2)C1. The molecule has 0 bridgehead atoms. The largest absolute Gasteiger partial charge is 0.330 e. The van der Waals surface area contributed by atoms with Crippen LogP contribution in [0.3, 0.4) is 0 Å². The minimum Gasteiger partial charge on any atom is -0.330 e. The van der Waals surface area contributed by atoms with E-state index in [0.29, 0.717) is 48.6 Å². The summed E-state index contributed by atoms with van der Waals surface area (Å²) in [5.74, 6) is -1.12. The molecule has 2 N–H and O–H groups in total. The summed E-state index contributed by atoms with van der Waals surface area (Å²) in [6.45, 7) is 0.376. The zero-order valence-electron chi connectivity index (χ0n) is 16.8. The van der Waals surface area contributed by atoms with Crippen LogP contribution >= 0.6 is 11.3 Å². The molecule has 2 heterocycles. The number of nitrogens with one attached hydrogen (secondary N) is 1. The standard InChI is InChI=1S/C21H27N3O5S/c25-14-23(29)13-21(11-20(12-21)7-1-2-8-20)19(28)24-9-3-5-15(24)17(26)22-18(27)16-6-4-10-30-16/h4,6,10,14-15,29H,1-3,5,7-9,11-13H2,(H,22,26,27)/t15-/m0/s1. The van der Waals surface area contributed by atoms with Crippen LogP contribution in [0.2, 0.25) is 0 Å². The van der Waals surface area contributed by atoms with E-state index in [1.807, 2.05) is 0 Å². The highest BCUT2D eigenvalue weighted by atomic mass is 32.1. The quantitative estimate of drug-likeness (QED) is 0.310. The molecule has 162 valence electrons. The minimum absolute atomic E-state index is 0.0595. The summed E-state index contributed by atoms with van der Waals surface area (Å²) in [6.07, 6.45) is 7.15. The summed E-state index contributed by atoms with van der Waals surface area (Å²) in [7, 11) is 0. The van der Waals surface area contributed by atoms with Gasteiger partial charge in [-0.1, -0.05) is 18.9 Å². The molecule has 2 aliphatic carbocycles. The number of imide groups is 1. The molecule has 3 fully saturated rings. The predicted octanol–water partition coefficient (Wildman–Crippen LogP) is 2.18. The van der Waals surface area contributed by atoms with Crippen LogP contribution in [0.25, 0.3) is 0 Å². The number of hydrogen-bond donors (Lipinski definition) is 2. The average molecular weight is 434 g/mol. The van der Waals surface area contributed by atoms with Gasteiger partial charge in [0.1, 0.15) is 6.04 Å². The first-order valence-electron chi connectivity index (χ1n) is 10.5. The number of carbonyl (C=O) groups excluding carboxylic acids is 4. The molecule has 4 rings (SSSR count). The molecule has 1 aromatic heterocycles. The van der Waals surface area contributed by atoms with E-state index in [-0.39, 0.29) is 17.9 Å². The van der Waals surface area contributed by atoms with Crippen LogP contribution in [-0.2, 0) is 14.4 Å². The Morgan fingerprint density at radius 1 is 1.27 bits per heavy atom. The van der Waals surface area contributed by atoms with Crippen LogP contribution in [0.5, 0.6) is 0 Å². The first kappa shape index (κ1) is 21.0. The maximum absolute atomic E-state index is 13.6. The van der Waals surface area contributed by atoms with Gasteiger partial charge in [-0.25, -0.2) is 5.06 Å². The summed E-state index contributed by atoms with van der Waals surface area (Å²) in [5, 5.41) is 14.6. The van der Waals surface area contributed by atoms with Crippen molar-refractivity contribution in [1.29, 1.82) is 0 Å². The molecular weight excluding hydrogens is 406 g/mol. The van der Waals surface area contributed by atoms with Crippen LogP contribution in [0.4, 0.5) is 0 Å². The molecule has 0 radical (unpaired) electrons. The predicted molar refractivity (Wildman–Crippen MR) is 109 cm³/mol. The van der Waals surface area contributed by atoms with Gasteiger partial charge in [0.05, 0.1) is 16.8 Å². The Kier molecular flexibility index (Phi) is 5.67. The van der Waals surface area contributed by atoms with E-state index < -0.39 is 23.3 Å². The van der Waals surface area contributed by atoms with E-state index in [1.165, 1.54) is 11.3 Å². The number of nitrogens with zero attached hydrogens (tertiary/aromatic N) is 2. The van der Waals surface area contributed by atoms with Crippen LogP contribution in [0.15, 0.2) is 17.5 Å². The maximum Gasteiger partial charge on any atom is 0.267 e. The monoisotopic (exact) mass is 433 g/mol. The Morgan fingerprint density at radius 3 is 2.63 bits per heavy atom. The van der Waals surface area contributed by atoms with Crippen LogP contribution < -0.4 is 5.32 Å². The molecule has 9 heteroatoms. The first-order chi connectivity index (χ1) is 14.4. The fourth-order valence-corrected chi connectivity index (χ4v) is 6.41. The Hall–Kier alpha value is -2.26. The molecule has 2 saturated carbocycles. The number of carbonyl (C=O) groups is 4. The third kappa shape index (κ3) is 3.76.